The van der Waals surface area contributed by atoms with E-state index in [1.807, 2.05) is 31.2 Å². The molecule has 0 saturated carbocycles. The first-order chi connectivity index (χ1) is 12.5. The van der Waals surface area contributed by atoms with Crippen molar-refractivity contribution in [3.05, 3.63) is 82.1 Å². The van der Waals surface area contributed by atoms with Crippen LogP contribution >= 0.6 is 23.2 Å². The fourth-order valence-electron chi connectivity index (χ4n) is 2.54. The number of carbonyl (C=O) groups is 1. The molecule has 1 aromatic heterocycles. The van der Waals surface area contributed by atoms with Crippen molar-refractivity contribution in [2.24, 2.45) is 0 Å². The molecular weight excluding hydrogens is 371 g/mol. The smallest absolute Gasteiger partial charge is 0.261 e. The summed E-state index contributed by atoms with van der Waals surface area (Å²) in [4.78, 5) is 18.7. The highest BCUT2D eigenvalue weighted by Gasteiger charge is 2.20. The summed E-state index contributed by atoms with van der Waals surface area (Å²) >= 11 is 12.1. The van der Waals surface area contributed by atoms with Gasteiger partial charge in [0.2, 0.25) is 0 Å². The fraction of sp³-hybridized carbons (Fsp3) is 0.100. The zero-order chi connectivity index (χ0) is 18.7. The number of ether oxygens (including phenoxy) is 1. The molecule has 1 heterocycles. The van der Waals surface area contributed by atoms with E-state index < -0.39 is 0 Å². The highest BCUT2D eigenvalue weighted by atomic mass is 35.5. The molecule has 0 spiro atoms. The Morgan fingerprint density at radius 3 is 2.58 bits per heavy atom. The quantitative estimate of drug-likeness (QED) is 0.571. The van der Waals surface area contributed by atoms with Crippen molar-refractivity contribution in [3.8, 4) is 11.5 Å². The number of para-hydroxylation sites is 1. The number of halogens is 2. The Morgan fingerprint density at radius 1 is 1.08 bits per heavy atom. The predicted molar refractivity (Wildman–Crippen MR) is 105 cm³/mol. The Hall–Kier alpha value is -2.56. The van der Waals surface area contributed by atoms with Crippen molar-refractivity contribution in [2.45, 2.75) is 6.92 Å². The van der Waals surface area contributed by atoms with E-state index in [-0.39, 0.29) is 5.91 Å². The predicted octanol–water partition coefficient (Wildman–Crippen LogP) is 5.77. The van der Waals surface area contributed by atoms with Crippen LogP contribution in [-0.4, -0.2) is 17.9 Å². The molecule has 6 heteroatoms. The van der Waals surface area contributed by atoms with Crippen LogP contribution in [-0.2, 0) is 0 Å². The summed E-state index contributed by atoms with van der Waals surface area (Å²) in [5.74, 6) is 0.514. The second-order valence-electron chi connectivity index (χ2n) is 5.70. The van der Waals surface area contributed by atoms with Gasteiger partial charge < -0.3 is 9.64 Å². The van der Waals surface area contributed by atoms with Crippen LogP contribution < -0.4 is 9.64 Å². The number of hydrogen-bond acceptors (Lipinski definition) is 3. The minimum Gasteiger partial charge on any atom is -0.453 e. The van der Waals surface area contributed by atoms with Crippen molar-refractivity contribution in [2.75, 3.05) is 11.9 Å². The summed E-state index contributed by atoms with van der Waals surface area (Å²) in [6.45, 7) is 1.95. The summed E-state index contributed by atoms with van der Waals surface area (Å²) < 4.78 is 5.83. The molecule has 0 saturated heterocycles. The van der Waals surface area contributed by atoms with Crippen LogP contribution in [0, 0.1) is 6.92 Å². The van der Waals surface area contributed by atoms with Crippen LogP contribution in [0.2, 0.25) is 10.0 Å². The van der Waals surface area contributed by atoms with Crippen LogP contribution in [0.1, 0.15) is 15.9 Å². The molecule has 0 aliphatic carbocycles. The third-order valence-corrected chi connectivity index (χ3v) is 4.44. The molecule has 0 aliphatic heterocycles. The first-order valence-corrected chi connectivity index (χ1v) is 8.63. The highest BCUT2D eigenvalue weighted by molar-refractivity contribution is 6.35. The van der Waals surface area contributed by atoms with E-state index in [1.165, 1.54) is 6.20 Å². The lowest BCUT2D eigenvalue weighted by molar-refractivity contribution is 0.0990. The van der Waals surface area contributed by atoms with E-state index >= 15 is 0 Å². The molecule has 0 fully saturated rings. The summed E-state index contributed by atoms with van der Waals surface area (Å²) in [6, 6.07) is 14.2. The van der Waals surface area contributed by atoms with Crippen LogP contribution in [0.15, 0.2) is 60.9 Å². The number of aromatic nitrogens is 1. The molecule has 132 valence electrons. The number of rotatable bonds is 4. The number of aryl methyl sites for hydroxylation is 1. The lowest BCUT2D eigenvalue weighted by Crippen LogP contribution is -2.27. The Labute approximate surface area is 162 Å². The van der Waals surface area contributed by atoms with Gasteiger partial charge >= 0.3 is 0 Å². The second kappa shape index (κ2) is 7.77. The van der Waals surface area contributed by atoms with Crippen LogP contribution in [0.5, 0.6) is 11.5 Å². The zero-order valence-electron chi connectivity index (χ0n) is 14.2. The van der Waals surface area contributed by atoms with Gasteiger partial charge in [0, 0.05) is 24.0 Å². The maximum Gasteiger partial charge on any atom is 0.261 e. The molecule has 3 rings (SSSR count). The minimum absolute atomic E-state index is 0.207. The molecule has 0 aliphatic rings. The molecule has 0 bridgehead atoms. The van der Waals surface area contributed by atoms with Crippen molar-refractivity contribution < 1.29 is 9.53 Å². The van der Waals surface area contributed by atoms with Gasteiger partial charge in [-0.1, -0.05) is 41.4 Å². The van der Waals surface area contributed by atoms with Crippen molar-refractivity contribution in [3.63, 3.8) is 0 Å². The van der Waals surface area contributed by atoms with Gasteiger partial charge in [0.25, 0.3) is 5.91 Å². The van der Waals surface area contributed by atoms with Gasteiger partial charge in [0.1, 0.15) is 5.75 Å². The Balaban J connectivity index is 1.94. The van der Waals surface area contributed by atoms with E-state index in [2.05, 4.69) is 4.98 Å². The van der Waals surface area contributed by atoms with Gasteiger partial charge in [-0.15, -0.1) is 0 Å². The molecular formula is C20H16Cl2N2O2. The van der Waals surface area contributed by atoms with E-state index in [0.717, 1.165) is 11.3 Å². The summed E-state index contributed by atoms with van der Waals surface area (Å²) in [5.41, 5.74) is 2.21. The van der Waals surface area contributed by atoms with Crippen LogP contribution in [0.4, 0.5) is 5.69 Å². The Kier molecular flexibility index (Phi) is 5.45. The highest BCUT2D eigenvalue weighted by Crippen LogP contribution is 2.33. The third-order valence-electron chi connectivity index (χ3n) is 3.91. The molecule has 0 N–H and O–H groups in total. The summed E-state index contributed by atoms with van der Waals surface area (Å²) in [6.07, 6.45) is 3.04. The Bertz CT molecular complexity index is 960. The first-order valence-electron chi connectivity index (χ1n) is 7.88. The molecule has 2 aromatic carbocycles. The molecule has 0 unspecified atom stereocenters. The monoisotopic (exact) mass is 386 g/mol. The maximum atomic E-state index is 13.0. The van der Waals surface area contributed by atoms with Crippen molar-refractivity contribution in [1.82, 2.24) is 4.98 Å². The molecule has 4 nitrogen and oxygen atoms in total. The number of anilines is 1. The van der Waals surface area contributed by atoms with Crippen molar-refractivity contribution in [1.29, 1.82) is 0 Å². The number of hydrogen-bond donors (Lipinski definition) is 0. The van der Waals surface area contributed by atoms with E-state index in [4.69, 9.17) is 27.9 Å². The standard InChI is InChI=1S/C20H16Cl2N2O2/c1-13-5-3-4-6-17(13)24(2)20(25)15-9-10-23-12-19(15)26-18-8-7-14(21)11-16(18)22/h3-12H,1-2H3. The molecule has 3 aromatic rings. The normalized spacial score (nSPS) is 10.5. The lowest BCUT2D eigenvalue weighted by atomic mass is 10.1. The third kappa shape index (κ3) is 3.82. The fourth-order valence-corrected chi connectivity index (χ4v) is 2.99. The lowest BCUT2D eigenvalue weighted by Gasteiger charge is -2.21. The largest absolute Gasteiger partial charge is 0.453 e. The number of pyridine rings is 1. The van der Waals surface area contributed by atoms with Gasteiger partial charge in [0.15, 0.2) is 5.75 Å². The van der Waals surface area contributed by atoms with Gasteiger partial charge in [-0.25, -0.2) is 0 Å². The number of carbonyl (C=O) groups excluding carboxylic acids is 1. The topological polar surface area (TPSA) is 42.4 Å². The molecule has 26 heavy (non-hydrogen) atoms. The maximum absolute atomic E-state index is 13.0. The van der Waals surface area contributed by atoms with Gasteiger partial charge in [-0.05, 0) is 42.8 Å². The zero-order valence-corrected chi connectivity index (χ0v) is 15.8. The number of amides is 1. The van der Waals surface area contributed by atoms with Gasteiger partial charge in [-0.2, -0.15) is 0 Å². The van der Waals surface area contributed by atoms with Crippen LogP contribution in [0.3, 0.4) is 0 Å². The SMILES string of the molecule is Cc1ccccc1N(C)C(=O)c1ccncc1Oc1ccc(Cl)cc1Cl. The van der Waals surface area contributed by atoms with E-state index in [9.17, 15) is 4.79 Å². The Morgan fingerprint density at radius 2 is 1.85 bits per heavy atom. The van der Waals surface area contributed by atoms with Gasteiger partial charge in [0.05, 0.1) is 16.8 Å². The van der Waals surface area contributed by atoms with E-state index in [1.54, 1.807) is 42.4 Å². The summed E-state index contributed by atoms with van der Waals surface area (Å²) in [5, 5.41) is 0.858. The van der Waals surface area contributed by atoms with Crippen molar-refractivity contribution >= 4 is 34.8 Å². The molecule has 0 radical (unpaired) electrons. The first kappa shape index (κ1) is 18.2. The average molecular weight is 387 g/mol. The molecule has 1 amide bonds. The van der Waals surface area contributed by atoms with Crippen LogP contribution in [0.25, 0.3) is 0 Å². The number of benzene rings is 2. The minimum atomic E-state index is -0.207. The second-order valence-corrected chi connectivity index (χ2v) is 6.54. The summed E-state index contributed by atoms with van der Waals surface area (Å²) in [7, 11) is 1.73. The number of nitrogens with zero attached hydrogens (tertiary/aromatic N) is 2. The average Bonchev–Trinajstić information content (AvgIpc) is 2.64. The molecule has 0 atom stereocenters. The van der Waals surface area contributed by atoms with Gasteiger partial charge in [-0.3, -0.25) is 9.78 Å². The van der Waals surface area contributed by atoms with E-state index in [0.29, 0.717) is 27.1 Å².